The lowest BCUT2D eigenvalue weighted by atomic mass is 10.0. The molecule has 0 bridgehead atoms. The van der Waals surface area contributed by atoms with E-state index < -0.39 is 10.9 Å². The number of hydrogen-bond acceptors (Lipinski definition) is 5. The fourth-order valence-corrected chi connectivity index (χ4v) is 2.54. The molecule has 7 nitrogen and oxygen atoms in total. The summed E-state index contributed by atoms with van der Waals surface area (Å²) in [6.07, 6.45) is 7.05. The molecule has 20 heavy (non-hydrogen) atoms. The van der Waals surface area contributed by atoms with E-state index in [1.54, 1.807) is 0 Å². The molecule has 108 valence electrons. The normalized spacial score (nSPS) is 15.2. The third-order valence-corrected chi connectivity index (χ3v) is 3.63. The molecule has 1 saturated carbocycles. The van der Waals surface area contributed by atoms with Gasteiger partial charge in [-0.2, -0.15) is 0 Å². The van der Waals surface area contributed by atoms with E-state index in [4.69, 9.17) is 5.11 Å². The maximum Gasteiger partial charge on any atom is 0.337 e. The van der Waals surface area contributed by atoms with E-state index in [0.717, 1.165) is 18.7 Å². The van der Waals surface area contributed by atoms with Gasteiger partial charge < -0.3 is 10.4 Å². The number of aromatic nitrogens is 1. The van der Waals surface area contributed by atoms with Crippen LogP contribution < -0.4 is 5.32 Å². The van der Waals surface area contributed by atoms with Crippen molar-refractivity contribution in [1.82, 2.24) is 4.98 Å². The van der Waals surface area contributed by atoms with E-state index in [9.17, 15) is 14.9 Å². The number of carboxylic acid groups (broad SMARTS) is 1. The smallest absolute Gasteiger partial charge is 0.337 e. The number of pyridine rings is 1. The predicted molar refractivity (Wildman–Crippen MR) is 72.9 cm³/mol. The van der Waals surface area contributed by atoms with Gasteiger partial charge in [0.15, 0.2) is 0 Å². The summed E-state index contributed by atoms with van der Waals surface area (Å²) in [5, 5.41) is 22.7. The summed E-state index contributed by atoms with van der Waals surface area (Å²) < 4.78 is 0. The molecule has 1 fully saturated rings. The average molecular weight is 279 g/mol. The summed E-state index contributed by atoms with van der Waals surface area (Å²) in [5.74, 6) is -0.407. The zero-order valence-corrected chi connectivity index (χ0v) is 11.0. The SMILES string of the molecule is O=C(O)c1cnc(NCCC2CCCC2)c([N+](=O)[O-])c1. The molecule has 0 radical (unpaired) electrons. The molecule has 2 rings (SSSR count). The molecule has 0 unspecified atom stereocenters. The first-order valence-electron chi connectivity index (χ1n) is 6.69. The number of carbonyl (C=O) groups is 1. The Bertz CT molecular complexity index is 512. The van der Waals surface area contributed by atoms with Crippen molar-refractivity contribution in [3.63, 3.8) is 0 Å². The van der Waals surface area contributed by atoms with Crippen molar-refractivity contribution in [3.05, 3.63) is 27.9 Å². The maximum absolute atomic E-state index is 10.9. The Morgan fingerprint density at radius 1 is 1.50 bits per heavy atom. The highest BCUT2D eigenvalue weighted by atomic mass is 16.6. The van der Waals surface area contributed by atoms with Crippen LogP contribution in [0.1, 0.15) is 42.5 Å². The Labute approximate surface area is 116 Å². The van der Waals surface area contributed by atoms with Gasteiger partial charge in [0.1, 0.15) is 0 Å². The second-order valence-electron chi connectivity index (χ2n) is 5.02. The maximum atomic E-state index is 10.9. The van der Waals surface area contributed by atoms with Gasteiger partial charge >= 0.3 is 11.7 Å². The Hall–Kier alpha value is -2.18. The molecule has 0 aromatic carbocycles. The number of carboxylic acids is 1. The van der Waals surface area contributed by atoms with E-state index in [0.29, 0.717) is 12.5 Å². The summed E-state index contributed by atoms with van der Waals surface area (Å²) >= 11 is 0. The van der Waals surface area contributed by atoms with Gasteiger partial charge in [-0.25, -0.2) is 9.78 Å². The van der Waals surface area contributed by atoms with Crippen LogP contribution in [0, 0.1) is 16.0 Å². The lowest BCUT2D eigenvalue weighted by Crippen LogP contribution is -2.10. The molecule has 7 heteroatoms. The highest BCUT2D eigenvalue weighted by molar-refractivity contribution is 5.88. The van der Waals surface area contributed by atoms with Gasteiger partial charge in [-0.05, 0) is 12.3 Å². The molecule has 0 spiro atoms. The quantitative estimate of drug-likeness (QED) is 0.612. The molecule has 1 aromatic rings. The summed E-state index contributed by atoms with van der Waals surface area (Å²) in [5.41, 5.74) is -0.477. The van der Waals surface area contributed by atoms with Crippen LogP contribution in [-0.4, -0.2) is 27.5 Å². The first-order chi connectivity index (χ1) is 9.58. The molecule has 1 aliphatic carbocycles. The van der Waals surface area contributed by atoms with Crippen molar-refractivity contribution in [2.24, 2.45) is 5.92 Å². The molecule has 2 N–H and O–H groups in total. The largest absolute Gasteiger partial charge is 0.478 e. The molecule has 0 saturated heterocycles. The number of hydrogen-bond donors (Lipinski definition) is 2. The lowest BCUT2D eigenvalue weighted by molar-refractivity contribution is -0.384. The molecule has 1 aromatic heterocycles. The third kappa shape index (κ3) is 3.43. The van der Waals surface area contributed by atoms with Crippen LogP contribution in [0.2, 0.25) is 0 Å². The summed E-state index contributed by atoms with van der Waals surface area (Å²) in [4.78, 5) is 25.0. The number of rotatable bonds is 6. The van der Waals surface area contributed by atoms with Crippen LogP contribution in [0.15, 0.2) is 12.3 Å². The van der Waals surface area contributed by atoms with Crippen molar-refractivity contribution < 1.29 is 14.8 Å². The van der Waals surface area contributed by atoms with Gasteiger partial charge in [-0.3, -0.25) is 10.1 Å². The third-order valence-electron chi connectivity index (χ3n) is 3.63. The van der Waals surface area contributed by atoms with Crippen LogP contribution in [-0.2, 0) is 0 Å². The van der Waals surface area contributed by atoms with E-state index >= 15 is 0 Å². The minimum atomic E-state index is -1.22. The fourth-order valence-electron chi connectivity index (χ4n) is 2.54. The Balaban J connectivity index is 2.02. The fraction of sp³-hybridized carbons (Fsp3) is 0.538. The van der Waals surface area contributed by atoms with Crippen LogP contribution >= 0.6 is 0 Å². The Kier molecular flexibility index (Phi) is 4.49. The molecule has 1 aliphatic rings. The number of nitrogens with one attached hydrogen (secondary N) is 1. The highest BCUT2D eigenvalue weighted by Gasteiger charge is 2.19. The van der Waals surface area contributed by atoms with Gasteiger partial charge in [-0.15, -0.1) is 0 Å². The van der Waals surface area contributed by atoms with Crippen LogP contribution in [0.4, 0.5) is 11.5 Å². The molecule has 0 amide bonds. The zero-order chi connectivity index (χ0) is 14.5. The van der Waals surface area contributed by atoms with Crippen molar-refractivity contribution in [2.45, 2.75) is 32.1 Å². The van der Waals surface area contributed by atoms with Gasteiger partial charge in [0.2, 0.25) is 5.82 Å². The Morgan fingerprint density at radius 2 is 2.20 bits per heavy atom. The number of aromatic carboxylic acids is 1. The number of nitrogens with zero attached hydrogens (tertiary/aromatic N) is 2. The van der Waals surface area contributed by atoms with E-state index in [1.165, 1.54) is 25.7 Å². The van der Waals surface area contributed by atoms with E-state index in [1.807, 2.05) is 0 Å². The molecule has 0 aliphatic heterocycles. The summed E-state index contributed by atoms with van der Waals surface area (Å²) in [6, 6.07) is 1.03. The molecule has 0 atom stereocenters. The van der Waals surface area contributed by atoms with E-state index in [-0.39, 0.29) is 17.1 Å². The first kappa shape index (κ1) is 14.2. The van der Waals surface area contributed by atoms with Crippen LogP contribution in [0.25, 0.3) is 0 Å². The molecular weight excluding hydrogens is 262 g/mol. The second kappa shape index (κ2) is 6.31. The number of nitro groups is 1. The average Bonchev–Trinajstić information content (AvgIpc) is 2.91. The predicted octanol–water partition coefficient (Wildman–Crippen LogP) is 2.68. The van der Waals surface area contributed by atoms with Crippen molar-refractivity contribution in [1.29, 1.82) is 0 Å². The topological polar surface area (TPSA) is 105 Å². The van der Waals surface area contributed by atoms with E-state index in [2.05, 4.69) is 10.3 Å². The molecule has 1 heterocycles. The first-order valence-corrected chi connectivity index (χ1v) is 6.69. The standard InChI is InChI=1S/C13H17N3O4/c17-13(18)10-7-11(16(19)20)12(15-8-10)14-6-5-9-3-1-2-4-9/h7-9H,1-6H2,(H,14,15)(H,17,18). The van der Waals surface area contributed by atoms with Crippen LogP contribution in [0.5, 0.6) is 0 Å². The zero-order valence-electron chi connectivity index (χ0n) is 11.0. The van der Waals surface area contributed by atoms with Gasteiger partial charge in [-0.1, -0.05) is 25.7 Å². The Morgan fingerprint density at radius 3 is 2.80 bits per heavy atom. The minimum Gasteiger partial charge on any atom is -0.478 e. The van der Waals surface area contributed by atoms with Crippen molar-refractivity contribution in [3.8, 4) is 0 Å². The lowest BCUT2D eigenvalue weighted by Gasteiger charge is -2.10. The van der Waals surface area contributed by atoms with Crippen molar-refractivity contribution >= 4 is 17.5 Å². The van der Waals surface area contributed by atoms with Gasteiger partial charge in [0.25, 0.3) is 0 Å². The second-order valence-corrected chi connectivity index (χ2v) is 5.02. The van der Waals surface area contributed by atoms with Crippen LogP contribution in [0.3, 0.4) is 0 Å². The highest BCUT2D eigenvalue weighted by Crippen LogP contribution is 2.28. The summed E-state index contributed by atoms with van der Waals surface area (Å²) in [6.45, 7) is 0.616. The summed E-state index contributed by atoms with van der Waals surface area (Å²) in [7, 11) is 0. The van der Waals surface area contributed by atoms with Gasteiger partial charge in [0.05, 0.1) is 10.5 Å². The van der Waals surface area contributed by atoms with Crippen molar-refractivity contribution in [2.75, 3.05) is 11.9 Å². The number of anilines is 1. The molecular formula is C13H17N3O4. The minimum absolute atomic E-state index is 0.137. The van der Waals surface area contributed by atoms with Gasteiger partial charge in [0, 0.05) is 18.8 Å². The monoisotopic (exact) mass is 279 g/mol.